The first-order valence-corrected chi connectivity index (χ1v) is 10.3. The number of ether oxygens (including phenoxy) is 1. The SMILES string of the molecule is O=C(COc1ccc(S(=O)(=O)Nc2ccc(Cl)cc2)cc1)Nc1ccccc1F. The highest BCUT2D eigenvalue weighted by Crippen LogP contribution is 2.21. The van der Waals surface area contributed by atoms with Crippen molar-refractivity contribution in [1.82, 2.24) is 0 Å². The zero-order chi connectivity index (χ0) is 20.9. The number of para-hydroxylation sites is 1. The molecule has 0 atom stereocenters. The minimum atomic E-state index is -3.79. The first-order chi connectivity index (χ1) is 13.8. The number of rotatable bonds is 7. The van der Waals surface area contributed by atoms with Crippen LogP contribution < -0.4 is 14.8 Å². The van der Waals surface area contributed by atoms with Crippen LogP contribution in [0.2, 0.25) is 5.02 Å². The number of nitrogens with one attached hydrogen (secondary N) is 2. The minimum absolute atomic E-state index is 0.0237. The Balaban J connectivity index is 1.58. The van der Waals surface area contributed by atoms with Gasteiger partial charge in [-0.25, -0.2) is 12.8 Å². The molecule has 0 bridgehead atoms. The summed E-state index contributed by atoms with van der Waals surface area (Å²) in [5.74, 6) is -0.807. The number of halogens is 2. The van der Waals surface area contributed by atoms with Crippen molar-refractivity contribution in [3.8, 4) is 5.75 Å². The van der Waals surface area contributed by atoms with Gasteiger partial charge in [-0.1, -0.05) is 23.7 Å². The normalized spacial score (nSPS) is 11.0. The van der Waals surface area contributed by atoms with E-state index >= 15 is 0 Å². The number of anilines is 2. The lowest BCUT2D eigenvalue weighted by atomic mass is 10.3. The van der Waals surface area contributed by atoms with E-state index in [1.54, 1.807) is 30.3 Å². The van der Waals surface area contributed by atoms with Crippen LogP contribution in [0.1, 0.15) is 0 Å². The number of amides is 1. The summed E-state index contributed by atoms with van der Waals surface area (Å²) in [7, 11) is -3.79. The second-order valence-corrected chi connectivity index (χ2v) is 8.02. The van der Waals surface area contributed by atoms with Gasteiger partial charge >= 0.3 is 0 Å². The molecule has 3 aromatic carbocycles. The number of carbonyl (C=O) groups excluding carboxylic acids is 1. The summed E-state index contributed by atoms with van der Waals surface area (Å²) in [5.41, 5.74) is 0.426. The molecular weight excluding hydrogens is 419 g/mol. The van der Waals surface area contributed by atoms with Crippen LogP contribution in [0.5, 0.6) is 5.75 Å². The molecule has 0 aliphatic rings. The van der Waals surface area contributed by atoms with E-state index in [-0.39, 0.29) is 17.2 Å². The molecule has 3 aromatic rings. The molecule has 0 aliphatic heterocycles. The van der Waals surface area contributed by atoms with E-state index < -0.39 is 21.7 Å². The van der Waals surface area contributed by atoms with Gasteiger partial charge in [-0.15, -0.1) is 0 Å². The average molecular weight is 435 g/mol. The Morgan fingerprint density at radius 2 is 1.62 bits per heavy atom. The molecule has 1 amide bonds. The van der Waals surface area contributed by atoms with Crippen LogP contribution in [0.3, 0.4) is 0 Å². The number of hydrogen-bond donors (Lipinski definition) is 2. The van der Waals surface area contributed by atoms with Gasteiger partial charge in [0.2, 0.25) is 0 Å². The third-order valence-electron chi connectivity index (χ3n) is 3.75. The van der Waals surface area contributed by atoms with Gasteiger partial charge in [-0.05, 0) is 60.7 Å². The zero-order valence-electron chi connectivity index (χ0n) is 14.9. The third-order valence-corrected chi connectivity index (χ3v) is 5.40. The molecule has 0 saturated carbocycles. The third kappa shape index (κ3) is 5.69. The topological polar surface area (TPSA) is 84.5 Å². The van der Waals surface area contributed by atoms with Crippen molar-refractivity contribution in [2.45, 2.75) is 4.90 Å². The maximum atomic E-state index is 13.5. The highest BCUT2D eigenvalue weighted by Gasteiger charge is 2.14. The fourth-order valence-corrected chi connectivity index (χ4v) is 3.53. The van der Waals surface area contributed by atoms with Gasteiger partial charge in [0.15, 0.2) is 6.61 Å². The highest BCUT2D eigenvalue weighted by atomic mass is 35.5. The molecule has 29 heavy (non-hydrogen) atoms. The molecule has 150 valence electrons. The van der Waals surface area contributed by atoms with E-state index in [0.29, 0.717) is 16.5 Å². The summed E-state index contributed by atoms with van der Waals surface area (Å²) in [6.45, 7) is -0.358. The Morgan fingerprint density at radius 3 is 2.28 bits per heavy atom. The molecule has 9 heteroatoms. The van der Waals surface area contributed by atoms with Crippen molar-refractivity contribution in [3.63, 3.8) is 0 Å². The van der Waals surface area contributed by atoms with Gasteiger partial charge in [0.05, 0.1) is 10.6 Å². The molecule has 0 unspecified atom stereocenters. The van der Waals surface area contributed by atoms with Crippen molar-refractivity contribution >= 4 is 38.9 Å². The maximum Gasteiger partial charge on any atom is 0.262 e. The Bertz CT molecular complexity index is 1100. The molecule has 0 spiro atoms. The quantitative estimate of drug-likeness (QED) is 0.580. The number of sulfonamides is 1. The lowest BCUT2D eigenvalue weighted by Gasteiger charge is -2.10. The second kappa shape index (κ2) is 8.93. The Kier molecular flexibility index (Phi) is 6.36. The molecule has 0 saturated heterocycles. The lowest BCUT2D eigenvalue weighted by molar-refractivity contribution is -0.118. The van der Waals surface area contributed by atoms with E-state index in [9.17, 15) is 17.6 Å². The Hall–Kier alpha value is -3.10. The van der Waals surface area contributed by atoms with Crippen LogP contribution in [0.15, 0.2) is 77.7 Å². The van der Waals surface area contributed by atoms with Gasteiger partial charge in [0.1, 0.15) is 11.6 Å². The molecular formula is C20H16ClFN2O4S. The summed E-state index contributed by atoms with van der Waals surface area (Å²) >= 11 is 5.78. The second-order valence-electron chi connectivity index (χ2n) is 5.90. The standard InChI is InChI=1S/C20H16ClFN2O4S/c21-14-5-7-15(8-6-14)24-29(26,27)17-11-9-16(10-12-17)28-13-20(25)23-19-4-2-1-3-18(19)22/h1-12,24H,13H2,(H,23,25). The van der Waals surface area contributed by atoms with Gasteiger partial charge < -0.3 is 10.1 Å². The van der Waals surface area contributed by atoms with Crippen LogP contribution in [0.4, 0.5) is 15.8 Å². The van der Waals surface area contributed by atoms with Crippen LogP contribution >= 0.6 is 11.6 Å². The van der Waals surface area contributed by atoms with Gasteiger partial charge in [0, 0.05) is 10.7 Å². The van der Waals surface area contributed by atoms with Crippen LogP contribution in [0, 0.1) is 5.82 Å². The highest BCUT2D eigenvalue weighted by molar-refractivity contribution is 7.92. The Morgan fingerprint density at radius 1 is 0.966 bits per heavy atom. The van der Waals surface area contributed by atoms with Gasteiger partial charge in [-0.3, -0.25) is 9.52 Å². The molecule has 0 heterocycles. The van der Waals surface area contributed by atoms with Crippen molar-refractivity contribution in [2.24, 2.45) is 0 Å². The summed E-state index contributed by atoms with van der Waals surface area (Å²) in [4.78, 5) is 11.9. The molecule has 0 aromatic heterocycles. The van der Waals surface area contributed by atoms with Crippen molar-refractivity contribution in [1.29, 1.82) is 0 Å². The molecule has 0 radical (unpaired) electrons. The summed E-state index contributed by atoms with van der Waals surface area (Å²) < 4.78 is 46.1. The van der Waals surface area contributed by atoms with Crippen molar-refractivity contribution in [3.05, 3.63) is 83.6 Å². The number of carbonyl (C=O) groups is 1. The largest absolute Gasteiger partial charge is 0.484 e. The fourth-order valence-electron chi connectivity index (χ4n) is 2.34. The first kappa shape index (κ1) is 20.6. The average Bonchev–Trinajstić information content (AvgIpc) is 2.70. The van der Waals surface area contributed by atoms with Crippen molar-refractivity contribution in [2.75, 3.05) is 16.6 Å². The fraction of sp³-hybridized carbons (Fsp3) is 0.0500. The maximum absolute atomic E-state index is 13.5. The van der Waals surface area contributed by atoms with Crippen LogP contribution in [-0.2, 0) is 14.8 Å². The van der Waals surface area contributed by atoms with E-state index in [2.05, 4.69) is 10.0 Å². The lowest BCUT2D eigenvalue weighted by Crippen LogP contribution is -2.20. The molecule has 2 N–H and O–H groups in total. The van der Waals surface area contributed by atoms with E-state index in [1.165, 1.54) is 42.5 Å². The number of benzene rings is 3. The zero-order valence-corrected chi connectivity index (χ0v) is 16.5. The molecule has 6 nitrogen and oxygen atoms in total. The monoisotopic (exact) mass is 434 g/mol. The summed E-state index contributed by atoms with van der Waals surface area (Å²) in [5, 5.41) is 2.89. The van der Waals surface area contributed by atoms with Crippen molar-refractivity contribution < 1.29 is 22.3 Å². The Labute approximate surface area is 172 Å². The van der Waals surface area contributed by atoms with E-state index in [4.69, 9.17) is 16.3 Å². The predicted octanol–water partition coefficient (Wildman–Crippen LogP) is 4.30. The van der Waals surface area contributed by atoms with Crippen LogP contribution in [0.25, 0.3) is 0 Å². The van der Waals surface area contributed by atoms with E-state index in [1.807, 2.05) is 0 Å². The minimum Gasteiger partial charge on any atom is -0.484 e. The number of hydrogen-bond acceptors (Lipinski definition) is 4. The van der Waals surface area contributed by atoms with Gasteiger partial charge in [0.25, 0.3) is 15.9 Å². The smallest absolute Gasteiger partial charge is 0.262 e. The van der Waals surface area contributed by atoms with Gasteiger partial charge in [-0.2, -0.15) is 0 Å². The molecule has 0 aliphatic carbocycles. The summed E-state index contributed by atoms with van der Waals surface area (Å²) in [6.07, 6.45) is 0. The predicted molar refractivity (Wildman–Crippen MR) is 109 cm³/mol. The van der Waals surface area contributed by atoms with Crippen LogP contribution in [-0.4, -0.2) is 20.9 Å². The van der Waals surface area contributed by atoms with E-state index in [0.717, 1.165) is 0 Å². The molecule has 0 fully saturated rings. The molecule has 3 rings (SSSR count). The summed E-state index contributed by atoms with van der Waals surface area (Å²) in [6, 6.07) is 17.6. The first-order valence-electron chi connectivity index (χ1n) is 8.39.